The second-order valence-corrected chi connectivity index (χ2v) is 6.59. The number of anilines is 1. The Kier molecular flexibility index (Phi) is 3.41. The van der Waals surface area contributed by atoms with Crippen molar-refractivity contribution in [2.24, 2.45) is 7.05 Å². The van der Waals surface area contributed by atoms with Gasteiger partial charge in [0.25, 0.3) is 0 Å². The van der Waals surface area contributed by atoms with Gasteiger partial charge in [-0.3, -0.25) is 4.68 Å². The fourth-order valence-electron chi connectivity index (χ4n) is 2.65. The van der Waals surface area contributed by atoms with Crippen LogP contribution in [0.15, 0.2) is 12.3 Å². The maximum absolute atomic E-state index is 4.50. The van der Waals surface area contributed by atoms with Crippen molar-refractivity contribution < 1.29 is 0 Å². The summed E-state index contributed by atoms with van der Waals surface area (Å²) in [4.78, 5) is 10.3. The minimum absolute atomic E-state index is 0.215. The molecule has 5 nitrogen and oxygen atoms in total. The average molecular weight is 301 g/mol. The number of hydrogen-bond acceptors (Lipinski definition) is 5. The summed E-state index contributed by atoms with van der Waals surface area (Å²) in [5.41, 5.74) is 4.03. The number of nitrogens with one attached hydrogen (secondary N) is 1. The summed E-state index contributed by atoms with van der Waals surface area (Å²) in [5, 5.41) is 10.1. The van der Waals surface area contributed by atoms with E-state index in [0.717, 1.165) is 33.1 Å². The van der Waals surface area contributed by atoms with Crippen LogP contribution in [0.5, 0.6) is 0 Å². The Balaban J connectivity index is 1.91. The number of aryl methyl sites for hydroxylation is 4. The van der Waals surface area contributed by atoms with Gasteiger partial charge in [-0.15, -0.1) is 11.3 Å². The molecule has 3 aromatic rings. The molecular weight excluding hydrogens is 282 g/mol. The maximum Gasteiger partial charge on any atom is 0.157 e. The van der Waals surface area contributed by atoms with E-state index in [1.54, 1.807) is 11.3 Å². The fourth-order valence-corrected chi connectivity index (χ4v) is 3.58. The van der Waals surface area contributed by atoms with Crippen LogP contribution in [-0.2, 0) is 7.05 Å². The predicted octanol–water partition coefficient (Wildman–Crippen LogP) is 3.52. The third-order valence-corrected chi connectivity index (χ3v) is 4.83. The Hall–Kier alpha value is -1.95. The van der Waals surface area contributed by atoms with Crippen molar-refractivity contribution in [3.8, 4) is 0 Å². The molecule has 3 heterocycles. The lowest BCUT2D eigenvalue weighted by molar-refractivity contribution is 0.774. The number of thiazole rings is 1. The summed E-state index contributed by atoms with van der Waals surface area (Å²) in [6.45, 7) is 8.26. The van der Waals surface area contributed by atoms with Gasteiger partial charge >= 0.3 is 0 Å². The zero-order chi connectivity index (χ0) is 15.1. The van der Waals surface area contributed by atoms with E-state index in [-0.39, 0.29) is 6.04 Å². The first-order valence-electron chi connectivity index (χ1n) is 6.95. The van der Waals surface area contributed by atoms with Crippen LogP contribution in [0.4, 0.5) is 5.69 Å². The summed E-state index contributed by atoms with van der Waals surface area (Å²) in [6, 6.07) is 2.33. The monoisotopic (exact) mass is 301 g/mol. The summed E-state index contributed by atoms with van der Waals surface area (Å²) in [7, 11) is 1.92. The van der Waals surface area contributed by atoms with Crippen LogP contribution in [0.3, 0.4) is 0 Å². The van der Waals surface area contributed by atoms with Gasteiger partial charge in [0.15, 0.2) is 5.65 Å². The quantitative estimate of drug-likeness (QED) is 0.804. The molecule has 0 aliphatic heterocycles. The second-order valence-electron chi connectivity index (χ2n) is 5.35. The predicted molar refractivity (Wildman–Crippen MR) is 86.9 cm³/mol. The minimum atomic E-state index is 0.215. The third-order valence-electron chi connectivity index (χ3n) is 3.58. The minimum Gasteiger partial charge on any atom is -0.376 e. The van der Waals surface area contributed by atoms with E-state index in [4.69, 9.17) is 0 Å². The van der Waals surface area contributed by atoms with Crippen molar-refractivity contribution in [1.29, 1.82) is 0 Å². The Morgan fingerprint density at radius 3 is 2.67 bits per heavy atom. The van der Waals surface area contributed by atoms with Crippen LogP contribution in [0.2, 0.25) is 0 Å². The van der Waals surface area contributed by atoms with Crippen LogP contribution in [0, 0.1) is 20.8 Å². The molecule has 0 saturated carbocycles. The fraction of sp³-hybridized carbons (Fsp3) is 0.400. The van der Waals surface area contributed by atoms with Gasteiger partial charge in [-0.1, -0.05) is 0 Å². The lowest BCUT2D eigenvalue weighted by Crippen LogP contribution is -2.06. The van der Waals surface area contributed by atoms with Gasteiger partial charge in [-0.25, -0.2) is 9.97 Å². The van der Waals surface area contributed by atoms with Crippen LogP contribution in [0.25, 0.3) is 11.0 Å². The Labute approximate surface area is 128 Å². The van der Waals surface area contributed by atoms with Crippen molar-refractivity contribution >= 4 is 28.1 Å². The van der Waals surface area contributed by atoms with E-state index in [9.17, 15) is 0 Å². The molecule has 0 aliphatic rings. The maximum atomic E-state index is 4.50. The molecule has 3 rings (SSSR count). The molecule has 0 spiro atoms. The second kappa shape index (κ2) is 5.11. The molecule has 1 atom stereocenters. The van der Waals surface area contributed by atoms with E-state index in [0.29, 0.717) is 0 Å². The number of fused-ring (bicyclic) bond motifs is 1. The zero-order valence-electron chi connectivity index (χ0n) is 12.9. The summed E-state index contributed by atoms with van der Waals surface area (Å²) in [6.07, 6.45) is 1.86. The van der Waals surface area contributed by atoms with Gasteiger partial charge in [-0.2, -0.15) is 5.10 Å². The highest BCUT2D eigenvalue weighted by Crippen LogP contribution is 2.28. The first-order valence-corrected chi connectivity index (χ1v) is 7.77. The van der Waals surface area contributed by atoms with E-state index in [1.165, 1.54) is 4.88 Å². The average Bonchev–Trinajstić information content (AvgIpc) is 2.90. The van der Waals surface area contributed by atoms with Crippen molar-refractivity contribution in [1.82, 2.24) is 19.7 Å². The van der Waals surface area contributed by atoms with E-state index < -0.39 is 0 Å². The van der Waals surface area contributed by atoms with E-state index >= 15 is 0 Å². The molecule has 6 heteroatoms. The largest absolute Gasteiger partial charge is 0.376 e. The lowest BCUT2D eigenvalue weighted by atomic mass is 10.2. The molecule has 0 fully saturated rings. The van der Waals surface area contributed by atoms with Crippen LogP contribution in [0.1, 0.15) is 34.2 Å². The molecule has 0 radical (unpaired) electrons. The van der Waals surface area contributed by atoms with Crippen LogP contribution >= 0.6 is 11.3 Å². The van der Waals surface area contributed by atoms with Crippen molar-refractivity contribution in [3.63, 3.8) is 0 Å². The van der Waals surface area contributed by atoms with Crippen molar-refractivity contribution in [3.05, 3.63) is 33.5 Å². The number of nitrogens with zero attached hydrogens (tertiary/aromatic N) is 4. The molecular formula is C15H19N5S. The van der Waals surface area contributed by atoms with E-state index in [1.807, 2.05) is 31.8 Å². The Morgan fingerprint density at radius 1 is 1.24 bits per heavy atom. The summed E-state index contributed by atoms with van der Waals surface area (Å²) < 4.78 is 1.81. The highest BCUT2D eigenvalue weighted by atomic mass is 32.1. The third kappa shape index (κ3) is 2.51. The van der Waals surface area contributed by atoms with Crippen molar-refractivity contribution in [2.45, 2.75) is 33.7 Å². The highest BCUT2D eigenvalue weighted by Gasteiger charge is 2.14. The molecule has 3 aromatic heterocycles. The molecule has 0 bridgehead atoms. The standard InChI is InChI=1S/C15H19N5S/c1-8-13-6-12(7-16-15(13)20(5)19-8)18-10(3)14-9(2)17-11(4)21-14/h6-7,10,18H,1-5H3. The van der Waals surface area contributed by atoms with Gasteiger partial charge in [0.05, 0.1) is 34.3 Å². The van der Waals surface area contributed by atoms with Crippen LogP contribution in [-0.4, -0.2) is 19.7 Å². The number of pyridine rings is 1. The van der Waals surface area contributed by atoms with E-state index in [2.05, 4.69) is 40.3 Å². The summed E-state index contributed by atoms with van der Waals surface area (Å²) in [5.74, 6) is 0. The first kappa shape index (κ1) is 14.0. The van der Waals surface area contributed by atoms with Gasteiger partial charge < -0.3 is 5.32 Å². The first-order chi connectivity index (χ1) is 9.95. The molecule has 110 valence electrons. The van der Waals surface area contributed by atoms with Gasteiger partial charge in [0.2, 0.25) is 0 Å². The molecule has 1 unspecified atom stereocenters. The molecule has 1 N–H and O–H groups in total. The summed E-state index contributed by atoms with van der Waals surface area (Å²) >= 11 is 1.74. The highest BCUT2D eigenvalue weighted by molar-refractivity contribution is 7.11. The molecule has 21 heavy (non-hydrogen) atoms. The molecule has 0 aliphatic carbocycles. The lowest BCUT2D eigenvalue weighted by Gasteiger charge is -2.14. The number of hydrogen-bond donors (Lipinski definition) is 1. The Bertz CT molecular complexity index is 802. The van der Waals surface area contributed by atoms with Gasteiger partial charge in [-0.05, 0) is 33.8 Å². The number of rotatable bonds is 3. The Morgan fingerprint density at radius 2 is 2.00 bits per heavy atom. The normalized spacial score (nSPS) is 12.8. The van der Waals surface area contributed by atoms with Crippen LogP contribution < -0.4 is 5.32 Å². The molecule has 0 aromatic carbocycles. The zero-order valence-corrected chi connectivity index (χ0v) is 13.7. The van der Waals surface area contributed by atoms with Gasteiger partial charge in [0, 0.05) is 17.3 Å². The van der Waals surface area contributed by atoms with Crippen molar-refractivity contribution in [2.75, 3.05) is 5.32 Å². The smallest absolute Gasteiger partial charge is 0.157 e. The van der Waals surface area contributed by atoms with Gasteiger partial charge in [0.1, 0.15) is 0 Å². The molecule has 0 amide bonds. The number of aromatic nitrogens is 4. The SMILES string of the molecule is Cc1nc(C)c(C(C)Nc2cnc3c(c2)c(C)nn3C)s1. The topological polar surface area (TPSA) is 55.6 Å². The molecule has 0 saturated heterocycles.